The maximum atomic E-state index is 13.1. The Labute approximate surface area is 172 Å². The quantitative estimate of drug-likeness (QED) is 0.554. The van der Waals surface area contributed by atoms with Crippen LogP contribution in [0.25, 0.3) is 10.6 Å². The van der Waals surface area contributed by atoms with Crippen molar-refractivity contribution in [3.8, 4) is 10.6 Å². The number of halogens is 1. The van der Waals surface area contributed by atoms with E-state index in [9.17, 15) is 14.0 Å². The summed E-state index contributed by atoms with van der Waals surface area (Å²) < 4.78 is 18.3. The van der Waals surface area contributed by atoms with Crippen LogP contribution >= 0.6 is 11.3 Å². The van der Waals surface area contributed by atoms with E-state index in [-0.39, 0.29) is 24.4 Å². The molecule has 1 atom stereocenters. The third-order valence-electron chi connectivity index (χ3n) is 4.66. The predicted octanol–water partition coefficient (Wildman–Crippen LogP) is 4.63. The first-order valence-electron chi connectivity index (χ1n) is 9.08. The molecule has 7 heteroatoms. The average molecular weight is 412 g/mol. The molecule has 0 unspecified atom stereocenters. The first-order chi connectivity index (χ1) is 13.9. The number of benzene rings is 2. The minimum absolute atomic E-state index is 0.141. The van der Waals surface area contributed by atoms with Crippen molar-refractivity contribution in [3.63, 3.8) is 0 Å². The fourth-order valence-electron chi connectivity index (χ4n) is 2.77. The molecule has 2 aromatic carbocycles. The molecule has 3 rings (SSSR count). The molecule has 0 saturated heterocycles. The fourth-order valence-corrected chi connectivity index (χ4v) is 3.73. The van der Waals surface area contributed by atoms with Gasteiger partial charge < -0.3 is 9.64 Å². The third-order valence-corrected chi connectivity index (χ3v) is 5.84. The number of hydrogen-bond donors (Lipinski definition) is 0. The molecule has 3 aromatic rings. The lowest BCUT2D eigenvalue weighted by molar-refractivity contribution is -0.135. The van der Waals surface area contributed by atoms with E-state index in [1.165, 1.54) is 12.1 Å². The zero-order valence-electron chi connectivity index (χ0n) is 16.4. The van der Waals surface area contributed by atoms with Gasteiger partial charge in [0.2, 0.25) is 0 Å². The van der Waals surface area contributed by atoms with Crippen molar-refractivity contribution in [2.45, 2.75) is 19.9 Å². The summed E-state index contributed by atoms with van der Waals surface area (Å²) in [6.07, 6.45) is 0. The summed E-state index contributed by atoms with van der Waals surface area (Å²) in [5.74, 6) is -1.23. The molecule has 0 spiro atoms. The van der Waals surface area contributed by atoms with Gasteiger partial charge in [-0.05, 0) is 43.7 Å². The Bertz CT molecular complexity index is 1000. The first-order valence-corrected chi connectivity index (χ1v) is 9.89. The number of esters is 1. The van der Waals surface area contributed by atoms with E-state index < -0.39 is 5.97 Å². The lowest BCUT2D eigenvalue weighted by Crippen LogP contribution is -2.33. The number of ether oxygens (including phenoxy) is 1. The van der Waals surface area contributed by atoms with Gasteiger partial charge in [-0.25, -0.2) is 14.2 Å². The molecule has 1 aromatic heterocycles. The van der Waals surface area contributed by atoms with Crippen LogP contribution < -0.4 is 0 Å². The maximum Gasteiger partial charge on any atom is 0.350 e. The maximum absolute atomic E-state index is 13.1. The number of aryl methyl sites for hydroxylation is 1. The lowest BCUT2D eigenvalue weighted by Gasteiger charge is -2.25. The number of thiazole rings is 1. The van der Waals surface area contributed by atoms with Crippen LogP contribution in [-0.2, 0) is 9.53 Å². The van der Waals surface area contributed by atoms with Gasteiger partial charge in [0.1, 0.15) is 15.7 Å². The third kappa shape index (κ3) is 4.86. The minimum atomic E-state index is -0.595. The molecule has 5 nitrogen and oxygen atoms in total. The van der Waals surface area contributed by atoms with Crippen molar-refractivity contribution in [1.29, 1.82) is 0 Å². The fraction of sp³-hybridized carbons (Fsp3) is 0.227. The normalized spacial score (nSPS) is 11.7. The van der Waals surface area contributed by atoms with E-state index in [2.05, 4.69) is 4.98 Å². The van der Waals surface area contributed by atoms with Gasteiger partial charge >= 0.3 is 5.97 Å². The molecular weight excluding hydrogens is 391 g/mol. The van der Waals surface area contributed by atoms with Gasteiger partial charge in [0.05, 0.1) is 11.7 Å². The highest BCUT2D eigenvalue weighted by Crippen LogP contribution is 2.28. The van der Waals surface area contributed by atoms with Gasteiger partial charge in [-0.15, -0.1) is 11.3 Å². The van der Waals surface area contributed by atoms with E-state index in [0.29, 0.717) is 21.1 Å². The monoisotopic (exact) mass is 412 g/mol. The Morgan fingerprint density at radius 3 is 2.45 bits per heavy atom. The summed E-state index contributed by atoms with van der Waals surface area (Å²) in [6.45, 7) is 3.26. The average Bonchev–Trinajstić information content (AvgIpc) is 3.13. The highest BCUT2D eigenvalue weighted by Gasteiger charge is 2.22. The Hall–Kier alpha value is -3.06. The molecular formula is C22H21FN2O3S. The van der Waals surface area contributed by atoms with E-state index in [1.54, 1.807) is 31.0 Å². The summed E-state index contributed by atoms with van der Waals surface area (Å²) in [5, 5.41) is 0.593. The molecule has 1 heterocycles. The number of carbonyl (C=O) groups is 2. The van der Waals surface area contributed by atoms with Crippen molar-refractivity contribution in [1.82, 2.24) is 9.88 Å². The van der Waals surface area contributed by atoms with Gasteiger partial charge in [0.15, 0.2) is 6.61 Å². The van der Waals surface area contributed by atoms with Crippen LogP contribution in [0.1, 0.15) is 33.9 Å². The molecule has 0 aliphatic heterocycles. The highest BCUT2D eigenvalue weighted by molar-refractivity contribution is 7.17. The molecule has 0 radical (unpaired) electrons. The number of nitrogens with zero attached hydrogens (tertiary/aromatic N) is 2. The van der Waals surface area contributed by atoms with Gasteiger partial charge in [0, 0.05) is 12.6 Å². The van der Waals surface area contributed by atoms with Gasteiger partial charge in [-0.2, -0.15) is 0 Å². The second kappa shape index (κ2) is 8.96. The van der Waals surface area contributed by atoms with Crippen molar-refractivity contribution < 1.29 is 18.7 Å². The lowest BCUT2D eigenvalue weighted by atomic mass is 10.1. The number of carbonyl (C=O) groups excluding carboxylic acids is 2. The minimum Gasteiger partial charge on any atom is -0.451 e. The molecule has 0 aliphatic carbocycles. The Morgan fingerprint density at radius 1 is 1.14 bits per heavy atom. The number of aromatic nitrogens is 1. The summed E-state index contributed by atoms with van der Waals surface area (Å²) in [7, 11) is 1.68. The summed E-state index contributed by atoms with van der Waals surface area (Å²) >= 11 is 1.16. The zero-order valence-corrected chi connectivity index (χ0v) is 17.2. The second-order valence-electron chi connectivity index (χ2n) is 6.61. The van der Waals surface area contributed by atoms with Crippen LogP contribution in [0.15, 0.2) is 54.6 Å². The van der Waals surface area contributed by atoms with Crippen molar-refractivity contribution in [3.05, 3.63) is 76.5 Å². The smallest absolute Gasteiger partial charge is 0.350 e. The van der Waals surface area contributed by atoms with Crippen molar-refractivity contribution >= 4 is 23.2 Å². The van der Waals surface area contributed by atoms with Gasteiger partial charge in [-0.3, -0.25) is 4.79 Å². The molecule has 29 heavy (non-hydrogen) atoms. The van der Waals surface area contributed by atoms with E-state index in [1.807, 2.05) is 37.3 Å². The number of hydrogen-bond acceptors (Lipinski definition) is 5. The number of likely N-dealkylation sites (N-methyl/N-ethyl adjacent to an activating group) is 1. The standard InChI is InChI=1S/C22H21FN2O3S/c1-14-20(29-21(24-14)17-9-11-18(23)12-10-17)22(27)28-13-19(26)25(3)15(2)16-7-5-4-6-8-16/h4-12,15H,13H2,1-3H3/t15-/m1/s1. The SMILES string of the molecule is Cc1nc(-c2ccc(F)cc2)sc1C(=O)OCC(=O)N(C)[C@H](C)c1ccccc1. The molecule has 0 saturated carbocycles. The van der Waals surface area contributed by atoms with Crippen LogP contribution in [-0.4, -0.2) is 35.4 Å². The first kappa shape index (κ1) is 20.7. The molecule has 150 valence electrons. The number of amides is 1. The molecule has 0 N–H and O–H groups in total. The van der Waals surface area contributed by atoms with Crippen LogP contribution in [0, 0.1) is 12.7 Å². The summed E-state index contributed by atoms with van der Waals surface area (Å²) in [6, 6.07) is 15.4. The van der Waals surface area contributed by atoms with Crippen LogP contribution in [0.5, 0.6) is 0 Å². The van der Waals surface area contributed by atoms with E-state index >= 15 is 0 Å². The molecule has 1 amide bonds. The highest BCUT2D eigenvalue weighted by atomic mass is 32.1. The van der Waals surface area contributed by atoms with E-state index in [4.69, 9.17) is 4.74 Å². The second-order valence-corrected chi connectivity index (χ2v) is 7.61. The topological polar surface area (TPSA) is 59.5 Å². The van der Waals surface area contributed by atoms with E-state index in [0.717, 1.165) is 16.9 Å². The Balaban J connectivity index is 1.63. The Kier molecular flexibility index (Phi) is 6.39. The van der Waals surface area contributed by atoms with Crippen molar-refractivity contribution in [2.75, 3.05) is 13.7 Å². The Morgan fingerprint density at radius 2 is 1.79 bits per heavy atom. The molecule has 0 fully saturated rings. The van der Waals surface area contributed by atoms with Crippen molar-refractivity contribution in [2.24, 2.45) is 0 Å². The van der Waals surface area contributed by atoms with Crippen LogP contribution in [0.3, 0.4) is 0 Å². The summed E-state index contributed by atoms with van der Waals surface area (Å²) in [5.41, 5.74) is 2.22. The van der Waals surface area contributed by atoms with Gasteiger partial charge in [0.25, 0.3) is 5.91 Å². The molecule has 0 aliphatic rings. The zero-order chi connectivity index (χ0) is 21.0. The van der Waals surface area contributed by atoms with Crippen LogP contribution in [0.4, 0.5) is 4.39 Å². The number of rotatable bonds is 6. The predicted molar refractivity (Wildman–Crippen MR) is 110 cm³/mol. The van der Waals surface area contributed by atoms with Gasteiger partial charge in [-0.1, -0.05) is 30.3 Å². The largest absolute Gasteiger partial charge is 0.451 e. The molecule has 0 bridgehead atoms. The van der Waals surface area contributed by atoms with Crippen LogP contribution in [0.2, 0.25) is 0 Å². The summed E-state index contributed by atoms with van der Waals surface area (Å²) in [4.78, 5) is 31.1.